The van der Waals surface area contributed by atoms with Crippen LogP contribution in [0.2, 0.25) is 0 Å². The van der Waals surface area contributed by atoms with Crippen molar-refractivity contribution < 1.29 is 14.4 Å². The Labute approximate surface area is 97.7 Å². The highest BCUT2D eigenvalue weighted by Gasteiger charge is 2.14. The molecule has 0 saturated carbocycles. The fourth-order valence-electron chi connectivity index (χ4n) is 1.27. The SMILES string of the molecule is CC(=O)CC(=O)Nc1sc(C)cc1C(C)=O. The predicted octanol–water partition coefficient (Wildman–Crippen LogP) is 2.18. The number of amides is 1. The molecule has 1 aromatic heterocycles. The van der Waals surface area contributed by atoms with Crippen LogP contribution in [0.4, 0.5) is 5.00 Å². The molecule has 0 aliphatic carbocycles. The Morgan fingerprint density at radius 2 is 1.94 bits per heavy atom. The van der Waals surface area contributed by atoms with E-state index in [-0.39, 0.29) is 23.9 Å². The molecule has 1 aromatic rings. The number of Topliss-reactive ketones (excluding diaryl/α,β-unsaturated/α-hetero) is 2. The van der Waals surface area contributed by atoms with Gasteiger partial charge in [-0.05, 0) is 26.8 Å². The van der Waals surface area contributed by atoms with Gasteiger partial charge in [-0.1, -0.05) is 0 Å². The van der Waals surface area contributed by atoms with E-state index in [0.29, 0.717) is 10.6 Å². The molecule has 0 unspecified atom stereocenters. The first kappa shape index (κ1) is 12.6. The number of carbonyl (C=O) groups excluding carboxylic acids is 3. The normalized spacial score (nSPS) is 9.94. The van der Waals surface area contributed by atoms with Gasteiger partial charge >= 0.3 is 0 Å². The highest BCUT2D eigenvalue weighted by atomic mass is 32.1. The minimum absolute atomic E-state index is 0.0949. The van der Waals surface area contributed by atoms with E-state index in [9.17, 15) is 14.4 Å². The van der Waals surface area contributed by atoms with Crippen LogP contribution in [0.5, 0.6) is 0 Å². The molecule has 0 atom stereocenters. The van der Waals surface area contributed by atoms with Gasteiger partial charge in [0.15, 0.2) is 5.78 Å². The lowest BCUT2D eigenvalue weighted by atomic mass is 10.2. The van der Waals surface area contributed by atoms with E-state index in [0.717, 1.165) is 4.88 Å². The molecule has 86 valence electrons. The summed E-state index contributed by atoms with van der Waals surface area (Å²) in [5, 5.41) is 3.11. The van der Waals surface area contributed by atoms with Gasteiger partial charge in [-0.15, -0.1) is 11.3 Å². The van der Waals surface area contributed by atoms with E-state index < -0.39 is 0 Å². The number of hydrogen-bond donors (Lipinski definition) is 1. The van der Waals surface area contributed by atoms with Crippen LogP contribution < -0.4 is 5.32 Å². The summed E-state index contributed by atoms with van der Waals surface area (Å²) >= 11 is 1.33. The first-order valence-electron chi connectivity index (χ1n) is 4.81. The van der Waals surface area contributed by atoms with Gasteiger partial charge in [0, 0.05) is 4.88 Å². The topological polar surface area (TPSA) is 63.2 Å². The molecule has 1 N–H and O–H groups in total. The fraction of sp³-hybridized carbons (Fsp3) is 0.364. The molecule has 1 heterocycles. The van der Waals surface area contributed by atoms with E-state index in [2.05, 4.69) is 5.32 Å². The molecule has 16 heavy (non-hydrogen) atoms. The second-order valence-corrected chi connectivity index (χ2v) is 4.84. The summed E-state index contributed by atoms with van der Waals surface area (Å²) in [6.45, 7) is 4.66. The van der Waals surface area contributed by atoms with E-state index in [1.807, 2.05) is 6.92 Å². The van der Waals surface area contributed by atoms with Gasteiger partial charge in [0.25, 0.3) is 0 Å². The zero-order chi connectivity index (χ0) is 12.3. The van der Waals surface area contributed by atoms with Crippen LogP contribution in [0, 0.1) is 6.92 Å². The van der Waals surface area contributed by atoms with Crippen LogP contribution >= 0.6 is 11.3 Å². The molecule has 0 aliphatic heterocycles. The van der Waals surface area contributed by atoms with Gasteiger partial charge in [0.1, 0.15) is 10.8 Å². The first-order valence-corrected chi connectivity index (χ1v) is 5.62. The van der Waals surface area contributed by atoms with Gasteiger partial charge in [0.2, 0.25) is 5.91 Å². The maximum atomic E-state index is 11.4. The number of thiophene rings is 1. The number of anilines is 1. The molecule has 0 bridgehead atoms. The maximum Gasteiger partial charge on any atom is 0.232 e. The van der Waals surface area contributed by atoms with Crippen LogP contribution in [0.1, 0.15) is 35.5 Å². The second-order valence-electron chi connectivity index (χ2n) is 3.58. The first-order chi connectivity index (χ1) is 7.40. The molecular formula is C11H13NO3S. The van der Waals surface area contributed by atoms with Crippen LogP contribution in [-0.2, 0) is 9.59 Å². The van der Waals surface area contributed by atoms with Gasteiger partial charge in [-0.2, -0.15) is 0 Å². The van der Waals surface area contributed by atoms with Gasteiger partial charge in [-0.3, -0.25) is 14.4 Å². The van der Waals surface area contributed by atoms with Crippen LogP contribution in [-0.4, -0.2) is 17.5 Å². The number of aryl methyl sites for hydroxylation is 1. The lowest BCUT2D eigenvalue weighted by Gasteiger charge is -2.02. The van der Waals surface area contributed by atoms with Gasteiger partial charge in [-0.25, -0.2) is 0 Å². The molecule has 4 nitrogen and oxygen atoms in total. The minimum Gasteiger partial charge on any atom is -0.317 e. The predicted molar refractivity (Wildman–Crippen MR) is 63.0 cm³/mol. The molecule has 5 heteroatoms. The highest BCUT2D eigenvalue weighted by Crippen LogP contribution is 2.27. The third-order valence-electron chi connectivity index (χ3n) is 1.90. The zero-order valence-electron chi connectivity index (χ0n) is 9.42. The van der Waals surface area contributed by atoms with Crippen molar-refractivity contribution in [3.8, 4) is 0 Å². The van der Waals surface area contributed by atoms with Crippen molar-refractivity contribution in [1.82, 2.24) is 0 Å². The molecule has 0 aromatic carbocycles. The number of rotatable bonds is 4. The largest absolute Gasteiger partial charge is 0.317 e. The Bertz CT molecular complexity index is 448. The lowest BCUT2D eigenvalue weighted by Crippen LogP contribution is -2.15. The van der Waals surface area contributed by atoms with Crippen molar-refractivity contribution in [3.05, 3.63) is 16.5 Å². The average molecular weight is 239 g/mol. The van der Waals surface area contributed by atoms with E-state index in [1.165, 1.54) is 25.2 Å². The summed E-state index contributed by atoms with van der Waals surface area (Å²) in [4.78, 5) is 34.3. The summed E-state index contributed by atoms with van der Waals surface area (Å²) in [7, 11) is 0. The van der Waals surface area contributed by atoms with Crippen molar-refractivity contribution >= 4 is 33.8 Å². The smallest absolute Gasteiger partial charge is 0.232 e. The average Bonchev–Trinajstić information content (AvgIpc) is 2.44. The van der Waals surface area contributed by atoms with Crippen molar-refractivity contribution in [2.75, 3.05) is 5.32 Å². The third-order valence-corrected chi connectivity index (χ3v) is 2.86. The van der Waals surface area contributed by atoms with Crippen molar-refractivity contribution in [1.29, 1.82) is 0 Å². The molecule has 1 amide bonds. The van der Waals surface area contributed by atoms with Gasteiger partial charge in [0.05, 0.1) is 12.0 Å². The number of hydrogen-bond acceptors (Lipinski definition) is 4. The molecule has 0 fully saturated rings. The molecule has 0 saturated heterocycles. The van der Waals surface area contributed by atoms with Crippen molar-refractivity contribution in [2.45, 2.75) is 27.2 Å². The summed E-state index contributed by atoms with van der Waals surface area (Å²) in [5.74, 6) is -0.672. The molecule has 1 rings (SSSR count). The van der Waals surface area contributed by atoms with E-state index in [4.69, 9.17) is 0 Å². The standard InChI is InChI=1S/C11H13NO3S/c1-6(13)4-10(15)12-11-9(8(3)14)5-7(2)16-11/h5H,4H2,1-3H3,(H,12,15). The summed E-state index contributed by atoms with van der Waals surface area (Å²) in [6.07, 6.45) is -0.158. The monoisotopic (exact) mass is 239 g/mol. The Morgan fingerprint density at radius 3 is 2.44 bits per heavy atom. The maximum absolute atomic E-state index is 11.4. The van der Waals surface area contributed by atoms with Crippen LogP contribution in [0.25, 0.3) is 0 Å². The van der Waals surface area contributed by atoms with Crippen molar-refractivity contribution in [3.63, 3.8) is 0 Å². The fourth-order valence-corrected chi connectivity index (χ4v) is 2.24. The van der Waals surface area contributed by atoms with Crippen LogP contribution in [0.3, 0.4) is 0 Å². The summed E-state index contributed by atoms with van der Waals surface area (Å²) < 4.78 is 0. The summed E-state index contributed by atoms with van der Waals surface area (Å²) in [6, 6.07) is 1.73. The molecule has 0 spiro atoms. The lowest BCUT2D eigenvalue weighted by molar-refractivity contribution is -0.124. The van der Waals surface area contributed by atoms with Crippen molar-refractivity contribution in [2.24, 2.45) is 0 Å². The van der Waals surface area contributed by atoms with E-state index >= 15 is 0 Å². The number of nitrogens with one attached hydrogen (secondary N) is 1. The Balaban J connectivity index is 2.84. The zero-order valence-corrected chi connectivity index (χ0v) is 10.2. The Kier molecular flexibility index (Phi) is 3.95. The number of carbonyl (C=O) groups is 3. The quantitative estimate of drug-likeness (QED) is 0.647. The Morgan fingerprint density at radius 1 is 1.31 bits per heavy atom. The third kappa shape index (κ3) is 3.27. The second kappa shape index (κ2) is 5.03. The molecular weight excluding hydrogens is 226 g/mol. The van der Waals surface area contributed by atoms with Gasteiger partial charge < -0.3 is 5.32 Å². The number of ketones is 2. The molecule has 0 radical (unpaired) electrons. The highest BCUT2D eigenvalue weighted by molar-refractivity contribution is 7.16. The van der Waals surface area contributed by atoms with Crippen LogP contribution in [0.15, 0.2) is 6.07 Å². The van der Waals surface area contributed by atoms with E-state index in [1.54, 1.807) is 6.07 Å². The summed E-state index contributed by atoms with van der Waals surface area (Å²) in [5.41, 5.74) is 0.499. The Hall–Kier alpha value is -1.49. The minimum atomic E-state index is -0.378. The molecule has 0 aliphatic rings.